The molecule has 0 bridgehead atoms. The van der Waals surface area contributed by atoms with Crippen molar-refractivity contribution in [3.05, 3.63) is 35.1 Å². The van der Waals surface area contributed by atoms with E-state index in [0.717, 1.165) is 37.4 Å². The van der Waals surface area contributed by atoms with Gasteiger partial charge in [0, 0.05) is 26.2 Å². The van der Waals surface area contributed by atoms with E-state index in [-0.39, 0.29) is 11.9 Å². The standard InChI is InChI=1S/C13H19FN2O/c1-10-8-16(2-3-17-10)9-12-4-11(7-15)5-13(14)6-12/h4-6,10H,2-3,7-9,15H2,1H3. The first-order chi connectivity index (χ1) is 8.17. The summed E-state index contributed by atoms with van der Waals surface area (Å²) in [7, 11) is 0. The molecule has 0 amide bonds. The number of rotatable bonds is 3. The van der Waals surface area contributed by atoms with Gasteiger partial charge in [-0.25, -0.2) is 4.39 Å². The van der Waals surface area contributed by atoms with Crippen LogP contribution in [0.15, 0.2) is 18.2 Å². The van der Waals surface area contributed by atoms with Crippen LogP contribution in [0.3, 0.4) is 0 Å². The van der Waals surface area contributed by atoms with E-state index in [1.54, 1.807) is 6.07 Å². The molecule has 17 heavy (non-hydrogen) atoms. The van der Waals surface area contributed by atoms with Gasteiger partial charge < -0.3 is 10.5 Å². The highest BCUT2D eigenvalue weighted by atomic mass is 19.1. The van der Waals surface area contributed by atoms with Gasteiger partial charge in [-0.05, 0) is 30.2 Å². The highest BCUT2D eigenvalue weighted by Crippen LogP contribution is 2.13. The Kier molecular flexibility index (Phi) is 4.10. The lowest BCUT2D eigenvalue weighted by Crippen LogP contribution is -2.40. The summed E-state index contributed by atoms with van der Waals surface area (Å²) in [4.78, 5) is 2.28. The lowest BCUT2D eigenvalue weighted by molar-refractivity contribution is -0.0212. The highest BCUT2D eigenvalue weighted by Gasteiger charge is 2.16. The zero-order chi connectivity index (χ0) is 12.3. The van der Waals surface area contributed by atoms with Crippen LogP contribution in [0, 0.1) is 5.82 Å². The summed E-state index contributed by atoms with van der Waals surface area (Å²) in [6, 6.07) is 5.05. The zero-order valence-electron chi connectivity index (χ0n) is 10.2. The van der Waals surface area contributed by atoms with E-state index in [1.807, 2.05) is 6.07 Å². The minimum atomic E-state index is -0.204. The molecule has 0 aliphatic carbocycles. The van der Waals surface area contributed by atoms with Gasteiger partial charge >= 0.3 is 0 Å². The zero-order valence-corrected chi connectivity index (χ0v) is 10.2. The maximum atomic E-state index is 13.3. The van der Waals surface area contributed by atoms with Crippen LogP contribution in [0.2, 0.25) is 0 Å². The van der Waals surface area contributed by atoms with Crippen molar-refractivity contribution in [3.63, 3.8) is 0 Å². The number of benzene rings is 1. The van der Waals surface area contributed by atoms with E-state index in [1.165, 1.54) is 6.07 Å². The monoisotopic (exact) mass is 238 g/mol. The largest absolute Gasteiger partial charge is 0.376 e. The van der Waals surface area contributed by atoms with Crippen LogP contribution in [0.5, 0.6) is 0 Å². The Hall–Kier alpha value is -0.970. The fourth-order valence-electron chi connectivity index (χ4n) is 2.22. The van der Waals surface area contributed by atoms with Gasteiger partial charge in [-0.15, -0.1) is 0 Å². The normalized spacial score (nSPS) is 21.7. The van der Waals surface area contributed by atoms with E-state index in [2.05, 4.69) is 11.8 Å². The third kappa shape index (κ3) is 3.49. The van der Waals surface area contributed by atoms with Gasteiger partial charge in [0.25, 0.3) is 0 Å². The van der Waals surface area contributed by atoms with Crippen LogP contribution in [0.1, 0.15) is 18.1 Å². The van der Waals surface area contributed by atoms with E-state index in [9.17, 15) is 4.39 Å². The van der Waals surface area contributed by atoms with Gasteiger partial charge in [-0.1, -0.05) is 6.07 Å². The van der Waals surface area contributed by atoms with Crippen LogP contribution < -0.4 is 5.73 Å². The summed E-state index contributed by atoms with van der Waals surface area (Å²) < 4.78 is 18.8. The van der Waals surface area contributed by atoms with Crippen molar-refractivity contribution in [1.29, 1.82) is 0 Å². The third-order valence-electron chi connectivity index (χ3n) is 2.98. The minimum absolute atomic E-state index is 0.204. The molecule has 3 nitrogen and oxygen atoms in total. The second kappa shape index (κ2) is 5.58. The Balaban J connectivity index is 2.04. The average molecular weight is 238 g/mol. The Morgan fingerprint density at radius 2 is 2.18 bits per heavy atom. The predicted molar refractivity (Wildman–Crippen MR) is 65.0 cm³/mol. The molecule has 1 unspecified atom stereocenters. The van der Waals surface area contributed by atoms with Crippen LogP contribution in [-0.4, -0.2) is 30.7 Å². The number of halogens is 1. The minimum Gasteiger partial charge on any atom is -0.376 e. The van der Waals surface area contributed by atoms with Crippen LogP contribution in [0.25, 0.3) is 0 Å². The van der Waals surface area contributed by atoms with Gasteiger partial charge in [0.05, 0.1) is 12.7 Å². The van der Waals surface area contributed by atoms with Crippen molar-refractivity contribution >= 4 is 0 Å². The lowest BCUT2D eigenvalue weighted by atomic mass is 10.1. The van der Waals surface area contributed by atoms with Gasteiger partial charge in [0.1, 0.15) is 5.82 Å². The summed E-state index contributed by atoms with van der Waals surface area (Å²) in [6.45, 7) is 5.75. The number of ether oxygens (including phenoxy) is 1. The maximum Gasteiger partial charge on any atom is 0.123 e. The maximum absolute atomic E-state index is 13.3. The number of nitrogens with two attached hydrogens (primary N) is 1. The molecule has 1 aliphatic rings. The molecular weight excluding hydrogens is 219 g/mol. The second-order valence-corrected chi connectivity index (χ2v) is 4.59. The fraction of sp³-hybridized carbons (Fsp3) is 0.538. The van der Waals surface area contributed by atoms with E-state index >= 15 is 0 Å². The molecule has 1 saturated heterocycles. The van der Waals surface area contributed by atoms with Gasteiger partial charge in [0.2, 0.25) is 0 Å². The summed E-state index contributed by atoms with van der Waals surface area (Å²) in [5.41, 5.74) is 7.38. The van der Waals surface area contributed by atoms with Gasteiger partial charge in [-0.2, -0.15) is 0 Å². The quantitative estimate of drug-likeness (QED) is 0.867. The molecule has 1 fully saturated rings. The molecule has 1 aliphatic heterocycles. The third-order valence-corrected chi connectivity index (χ3v) is 2.98. The molecule has 4 heteroatoms. The summed E-state index contributed by atoms with van der Waals surface area (Å²) in [6.07, 6.45) is 0.256. The molecule has 1 heterocycles. The van der Waals surface area contributed by atoms with Crippen LogP contribution >= 0.6 is 0 Å². The molecule has 0 radical (unpaired) electrons. The number of hydrogen-bond donors (Lipinski definition) is 1. The Labute approximate surface area is 101 Å². The molecule has 1 aromatic carbocycles. The first kappa shape index (κ1) is 12.5. The van der Waals surface area contributed by atoms with Gasteiger partial charge in [0.15, 0.2) is 0 Å². The molecule has 1 aromatic rings. The van der Waals surface area contributed by atoms with Crippen molar-refractivity contribution in [1.82, 2.24) is 4.90 Å². The molecule has 2 rings (SSSR count). The summed E-state index contributed by atoms with van der Waals surface area (Å²) in [5, 5.41) is 0. The molecule has 1 atom stereocenters. The van der Waals surface area contributed by atoms with Crippen molar-refractivity contribution in [3.8, 4) is 0 Å². The predicted octanol–water partition coefficient (Wildman–Crippen LogP) is 1.51. The Bertz CT molecular complexity index is 384. The van der Waals surface area contributed by atoms with Crippen LogP contribution in [-0.2, 0) is 17.8 Å². The molecule has 2 N–H and O–H groups in total. The van der Waals surface area contributed by atoms with Crippen molar-refractivity contribution in [2.24, 2.45) is 5.73 Å². The van der Waals surface area contributed by atoms with E-state index in [0.29, 0.717) is 6.54 Å². The number of hydrogen-bond acceptors (Lipinski definition) is 3. The lowest BCUT2D eigenvalue weighted by Gasteiger charge is -2.31. The summed E-state index contributed by atoms with van der Waals surface area (Å²) in [5.74, 6) is -0.204. The smallest absolute Gasteiger partial charge is 0.123 e. The first-order valence-electron chi connectivity index (χ1n) is 6.00. The molecule has 0 aromatic heterocycles. The van der Waals surface area contributed by atoms with Crippen LogP contribution in [0.4, 0.5) is 4.39 Å². The SMILES string of the molecule is CC1CN(Cc2cc(F)cc(CN)c2)CCO1. The summed E-state index contributed by atoms with van der Waals surface area (Å²) >= 11 is 0. The molecule has 94 valence electrons. The Morgan fingerprint density at radius 3 is 2.88 bits per heavy atom. The van der Waals surface area contributed by atoms with Crippen molar-refractivity contribution in [2.45, 2.75) is 26.1 Å². The number of nitrogens with zero attached hydrogens (tertiary/aromatic N) is 1. The van der Waals surface area contributed by atoms with Crippen molar-refractivity contribution in [2.75, 3.05) is 19.7 Å². The van der Waals surface area contributed by atoms with Gasteiger partial charge in [-0.3, -0.25) is 4.90 Å². The van der Waals surface area contributed by atoms with E-state index < -0.39 is 0 Å². The molecule has 0 saturated carbocycles. The van der Waals surface area contributed by atoms with Crippen molar-refractivity contribution < 1.29 is 9.13 Å². The molecular formula is C13H19FN2O. The Morgan fingerprint density at radius 1 is 1.41 bits per heavy atom. The fourth-order valence-corrected chi connectivity index (χ4v) is 2.22. The highest BCUT2D eigenvalue weighted by molar-refractivity contribution is 5.24. The average Bonchev–Trinajstić information content (AvgIpc) is 2.28. The van der Waals surface area contributed by atoms with E-state index in [4.69, 9.17) is 10.5 Å². The first-order valence-corrected chi connectivity index (χ1v) is 6.00. The second-order valence-electron chi connectivity index (χ2n) is 4.59. The molecule has 0 spiro atoms. The topological polar surface area (TPSA) is 38.5 Å². The number of morpholine rings is 1.